The molecule has 2 heterocycles. The van der Waals surface area contributed by atoms with Gasteiger partial charge in [0.25, 0.3) is 0 Å². The Hall–Kier alpha value is -6.13. The molecule has 48 heavy (non-hydrogen) atoms. The van der Waals surface area contributed by atoms with Crippen molar-refractivity contribution in [2.75, 3.05) is 7.05 Å². The number of nitrogens with one attached hydrogen (secondary N) is 1. The van der Waals surface area contributed by atoms with E-state index in [1.807, 2.05) is 30.6 Å². The van der Waals surface area contributed by atoms with Crippen LogP contribution in [0.15, 0.2) is 163 Å². The van der Waals surface area contributed by atoms with Crippen molar-refractivity contribution in [3.63, 3.8) is 0 Å². The fraction of sp³-hybridized carbons (Fsp3) is 0.0682. The summed E-state index contributed by atoms with van der Waals surface area (Å²) in [5.41, 5.74) is 12.6. The predicted octanol–water partition coefficient (Wildman–Crippen LogP) is 11.3. The molecule has 0 aliphatic heterocycles. The van der Waals surface area contributed by atoms with Crippen molar-refractivity contribution in [2.45, 2.75) is 12.8 Å². The van der Waals surface area contributed by atoms with Crippen LogP contribution >= 0.6 is 0 Å². The van der Waals surface area contributed by atoms with Crippen LogP contribution in [0.3, 0.4) is 0 Å². The van der Waals surface area contributed by atoms with Crippen molar-refractivity contribution >= 4 is 56.2 Å². The molecule has 5 aromatic carbocycles. The van der Waals surface area contributed by atoms with Gasteiger partial charge in [-0.2, -0.15) is 0 Å². The topological polar surface area (TPSA) is 53.5 Å². The molecule has 0 radical (unpaired) electrons. The standard InChI is InChI=1S/C44H36N4/c1-3-31(11-9-26-45)10-8-12-32(25-27-46-2)35-21-23-38-29-36(22-24-37(38)28-35)33-17-19-34(20-18-33)44-39-13-4-6-15-41(39)48-42-16-7-5-14-40(42)47-30-43(44)48/h3-7,9-11,13-30,45H,1,8,12H2,2H3/b11-9-,31-10+,32-25+,45-26?,46-27?. The van der Waals surface area contributed by atoms with Crippen molar-refractivity contribution in [3.05, 3.63) is 163 Å². The Labute approximate surface area is 280 Å². The number of aromatic nitrogens is 2. The maximum absolute atomic E-state index is 7.24. The minimum Gasteiger partial charge on any atom is -0.309 e. The van der Waals surface area contributed by atoms with Crippen molar-refractivity contribution < 1.29 is 0 Å². The number of allylic oxidation sites excluding steroid dienone is 7. The third-order valence-electron chi connectivity index (χ3n) is 8.92. The molecular formula is C44H36N4. The van der Waals surface area contributed by atoms with Crippen LogP contribution in [-0.4, -0.2) is 28.9 Å². The number of hydrogen-bond donors (Lipinski definition) is 1. The quantitative estimate of drug-likeness (QED) is 0.120. The molecule has 0 bridgehead atoms. The molecule has 0 fully saturated rings. The molecule has 0 aliphatic carbocycles. The molecule has 0 atom stereocenters. The summed E-state index contributed by atoms with van der Waals surface area (Å²) >= 11 is 0. The summed E-state index contributed by atoms with van der Waals surface area (Å²) in [6.45, 7) is 3.90. The van der Waals surface area contributed by atoms with Gasteiger partial charge in [-0.3, -0.25) is 9.98 Å². The van der Waals surface area contributed by atoms with Gasteiger partial charge in [0.15, 0.2) is 0 Å². The van der Waals surface area contributed by atoms with E-state index in [2.05, 4.69) is 131 Å². The number of nitrogens with zero attached hydrogens (tertiary/aromatic N) is 3. The van der Waals surface area contributed by atoms with E-state index >= 15 is 0 Å². The molecule has 0 saturated heterocycles. The zero-order valence-electron chi connectivity index (χ0n) is 27.0. The second kappa shape index (κ2) is 13.7. The van der Waals surface area contributed by atoms with E-state index in [0.717, 1.165) is 35.0 Å². The minimum absolute atomic E-state index is 0.863. The largest absolute Gasteiger partial charge is 0.309 e. The zero-order chi connectivity index (χ0) is 32.9. The Morgan fingerprint density at radius 2 is 1.54 bits per heavy atom. The van der Waals surface area contributed by atoms with Gasteiger partial charge in [0.05, 0.1) is 28.3 Å². The zero-order valence-corrected chi connectivity index (χ0v) is 27.0. The predicted molar refractivity (Wildman–Crippen MR) is 206 cm³/mol. The molecule has 7 aromatic rings. The first-order chi connectivity index (χ1) is 23.7. The number of hydrogen-bond acceptors (Lipinski definition) is 3. The molecule has 232 valence electrons. The maximum atomic E-state index is 7.24. The van der Waals surface area contributed by atoms with Crippen LogP contribution in [0.4, 0.5) is 0 Å². The maximum Gasteiger partial charge on any atom is 0.0871 e. The molecule has 4 nitrogen and oxygen atoms in total. The molecule has 0 spiro atoms. The van der Waals surface area contributed by atoms with Gasteiger partial charge in [0.2, 0.25) is 0 Å². The lowest BCUT2D eigenvalue weighted by Gasteiger charge is -2.10. The Morgan fingerprint density at radius 3 is 2.35 bits per heavy atom. The van der Waals surface area contributed by atoms with E-state index < -0.39 is 0 Å². The summed E-state index contributed by atoms with van der Waals surface area (Å²) in [4.78, 5) is 9.00. The van der Waals surface area contributed by atoms with Crippen LogP contribution < -0.4 is 0 Å². The van der Waals surface area contributed by atoms with Gasteiger partial charge in [-0.1, -0.05) is 104 Å². The van der Waals surface area contributed by atoms with E-state index in [1.165, 1.54) is 61.3 Å². The highest BCUT2D eigenvalue weighted by molar-refractivity contribution is 6.08. The fourth-order valence-electron chi connectivity index (χ4n) is 6.55. The van der Waals surface area contributed by atoms with Gasteiger partial charge in [-0.05, 0) is 99.5 Å². The molecule has 4 heteroatoms. The lowest BCUT2D eigenvalue weighted by molar-refractivity contribution is 1.06. The minimum atomic E-state index is 0.863. The summed E-state index contributed by atoms with van der Waals surface area (Å²) in [7, 11) is 1.79. The van der Waals surface area contributed by atoms with E-state index in [4.69, 9.17) is 10.4 Å². The number of fused-ring (bicyclic) bond motifs is 6. The van der Waals surface area contributed by atoms with Gasteiger partial charge in [-0.15, -0.1) is 0 Å². The second-order valence-electron chi connectivity index (χ2n) is 11.8. The second-order valence-corrected chi connectivity index (χ2v) is 11.8. The summed E-state index contributed by atoms with van der Waals surface area (Å²) in [6.07, 6.45) is 16.6. The number of rotatable bonds is 10. The molecule has 0 saturated carbocycles. The van der Waals surface area contributed by atoms with Crippen molar-refractivity contribution in [3.8, 4) is 22.3 Å². The molecular weight excluding hydrogens is 585 g/mol. The first-order valence-corrected chi connectivity index (χ1v) is 16.2. The summed E-state index contributed by atoms with van der Waals surface area (Å²) in [6, 6.07) is 39.3. The Bertz CT molecular complexity index is 2440. The van der Waals surface area contributed by atoms with E-state index in [1.54, 1.807) is 13.1 Å². The van der Waals surface area contributed by atoms with Crippen LogP contribution in [0.5, 0.6) is 0 Å². The van der Waals surface area contributed by atoms with Crippen LogP contribution in [-0.2, 0) is 0 Å². The summed E-state index contributed by atoms with van der Waals surface area (Å²) in [5.74, 6) is 0. The van der Waals surface area contributed by atoms with Crippen molar-refractivity contribution in [1.82, 2.24) is 9.38 Å². The SMILES string of the molecule is C=CC(/C=C\C=N)=C\CC/C(=C\C=NC)c1ccc2cc(-c3ccc(-c4c5ccccc5n5c4cnc4ccccc45)cc3)ccc2c1. The Morgan fingerprint density at radius 1 is 0.812 bits per heavy atom. The van der Waals surface area contributed by atoms with Gasteiger partial charge < -0.3 is 9.81 Å². The normalized spacial score (nSPS) is 12.7. The molecule has 0 unspecified atom stereocenters. The highest BCUT2D eigenvalue weighted by Crippen LogP contribution is 2.38. The average molecular weight is 621 g/mol. The summed E-state index contributed by atoms with van der Waals surface area (Å²) in [5, 5.41) is 10.9. The highest BCUT2D eigenvalue weighted by Gasteiger charge is 2.16. The van der Waals surface area contributed by atoms with E-state index in [-0.39, 0.29) is 0 Å². The van der Waals surface area contributed by atoms with E-state index in [9.17, 15) is 0 Å². The van der Waals surface area contributed by atoms with Crippen molar-refractivity contribution in [2.24, 2.45) is 4.99 Å². The summed E-state index contributed by atoms with van der Waals surface area (Å²) < 4.78 is 2.33. The van der Waals surface area contributed by atoms with Crippen LogP contribution in [0.2, 0.25) is 0 Å². The van der Waals surface area contributed by atoms with Gasteiger partial charge in [0.1, 0.15) is 0 Å². The molecule has 0 aliphatic rings. The number of benzene rings is 5. The third kappa shape index (κ3) is 5.92. The van der Waals surface area contributed by atoms with Gasteiger partial charge in [-0.25, -0.2) is 0 Å². The highest BCUT2D eigenvalue weighted by atomic mass is 14.9. The Balaban J connectivity index is 1.19. The average Bonchev–Trinajstić information content (AvgIpc) is 3.49. The smallest absolute Gasteiger partial charge is 0.0871 e. The first-order valence-electron chi connectivity index (χ1n) is 16.2. The van der Waals surface area contributed by atoms with Crippen LogP contribution in [0, 0.1) is 5.41 Å². The fourth-order valence-corrected chi connectivity index (χ4v) is 6.55. The molecule has 0 amide bonds. The van der Waals surface area contributed by atoms with Crippen molar-refractivity contribution in [1.29, 1.82) is 5.41 Å². The lowest BCUT2D eigenvalue weighted by atomic mass is 9.94. The third-order valence-corrected chi connectivity index (χ3v) is 8.92. The number of para-hydroxylation sites is 3. The molecule has 2 aromatic heterocycles. The number of aliphatic imine (C=N–C) groups is 1. The van der Waals surface area contributed by atoms with Gasteiger partial charge in [0, 0.05) is 30.4 Å². The van der Waals surface area contributed by atoms with Gasteiger partial charge >= 0.3 is 0 Å². The monoisotopic (exact) mass is 620 g/mol. The lowest BCUT2D eigenvalue weighted by Crippen LogP contribution is -1.90. The first kappa shape index (κ1) is 30.5. The molecule has 7 rings (SSSR count). The molecule has 1 N–H and O–H groups in total. The van der Waals surface area contributed by atoms with Crippen LogP contribution in [0.1, 0.15) is 18.4 Å². The van der Waals surface area contributed by atoms with E-state index in [0.29, 0.717) is 0 Å². The van der Waals surface area contributed by atoms with Crippen LogP contribution in [0.25, 0.3) is 66.1 Å². The Kier molecular flexibility index (Phi) is 8.71.